The molecule has 0 bridgehead atoms. The summed E-state index contributed by atoms with van der Waals surface area (Å²) < 4.78 is 11.3. The molecule has 9 nitrogen and oxygen atoms in total. The van der Waals surface area contributed by atoms with Gasteiger partial charge in [-0.15, -0.1) is 0 Å². The Kier molecular flexibility index (Phi) is 10.2. The SMILES string of the molecule is CN1CCN(c2ccc3nc(C4C=C(N)C(NCc5ccc(OCCCCCOCCN)cc5)=CC4)[nH]c3c2)CC1. The van der Waals surface area contributed by atoms with Gasteiger partial charge in [-0.1, -0.05) is 18.2 Å². The number of anilines is 1. The standard InChI is InChI=1S/C32H45N7O2/c1-38-14-16-39(17-15-38)26-8-12-30-31(22-26)37-32(36-30)25-7-11-29(28(34)21-25)35-23-24-5-9-27(10-6-24)41-19-4-2-3-18-40-20-13-33/h5-6,8-12,21-22,25,35H,2-4,7,13-20,23,33-34H2,1H3,(H,36,37). The van der Waals surface area contributed by atoms with Gasteiger partial charge in [-0.2, -0.15) is 0 Å². The van der Waals surface area contributed by atoms with E-state index in [0.717, 1.165) is 92.5 Å². The summed E-state index contributed by atoms with van der Waals surface area (Å²) in [5.41, 5.74) is 18.2. The van der Waals surface area contributed by atoms with Gasteiger partial charge < -0.3 is 41.0 Å². The Morgan fingerprint density at radius 1 is 1.00 bits per heavy atom. The molecule has 1 aromatic heterocycles. The fraction of sp³-hybridized carbons (Fsp3) is 0.469. The van der Waals surface area contributed by atoms with Crippen molar-refractivity contribution < 1.29 is 9.47 Å². The third-order valence-corrected chi connectivity index (χ3v) is 7.84. The van der Waals surface area contributed by atoms with E-state index < -0.39 is 0 Å². The molecular weight excluding hydrogens is 514 g/mol. The van der Waals surface area contributed by atoms with Crippen molar-refractivity contribution in [1.29, 1.82) is 0 Å². The van der Waals surface area contributed by atoms with Gasteiger partial charge in [0.2, 0.25) is 0 Å². The highest BCUT2D eigenvalue weighted by Gasteiger charge is 2.20. The van der Waals surface area contributed by atoms with Crippen molar-refractivity contribution >= 4 is 16.7 Å². The average molecular weight is 560 g/mol. The summed E-state index contributed by atoms with van der Waals surface area (Å²) in [5.74, 6) is 1.99. The summed E-state index contributed by atoms with van der Waals surface area (Å²) in [6.45, 7) is 7.70. The first-order valence-electron chi connectivity index (χ1n) is 14.9. The van der Waals surface area contributed by atoms with Gasteiger partial charge in [-0.3, -0.25) is 0 Å². The summed E-state index contributed by atoms with van der Waals surface area (Å²) in [4.78, 5) is 13.3. The number of rotatable bonds is 14. The minimum absolute atomic E-state index is 0.134. The molecule has 3 aromatic rings. The molecule has 1 unspecified atom stereocenters. The van der Waals surface area contributed by atoms with Gasteiger partial charge in [0.15, 0.2) is 0 Å². The van der Waals surface area contributed by atoms with Crippen LogP contribution in [0.25, 0.3) is 11.0 Å². The first-order chi connectivity index (χ1) is 20.1. The number of allylic oxidation sites excluding steroid dienone is 2. The number of aromatic nitrogens is 2. The van der Waals surface area contributed by atoms with Crippen LogP contribution >= 0.6 is 0 Å². The van der Waals surface area contributed by atoms with Crippen molar-refractivity contribution in [2.45, 2.75) is 38.1 Å². The molecule has 2 aliphatic rings. The predicted molar refractivity (Wildman–Crippen MR) is 166 cm³/mol. The monoisotopic (exact) mass is 559 g/mol. The minimum Gasteiger partial charge on any atom is -0.494 e. The second-order valence-corrected chi connectivity index (χ2v) is 11.0. The van der Waals surface area contributed by atoms with Crippen LogP contribution in [0.2, 0.25) is 0 Å². The highest BCUT2D eigenvalue weighted by atomic mass is 16.5. The number of nitrogens with two attached hydrogens (primary N) is 2. The molecule has 0 radical (unpaired) electrons. The highest BCUT2D eigenvalue weighted by molar-refractivity contribution is 5.80. The van der Waals surface area contributed by atoms with Gasteiger partial charge in [0, 0.05) is 57.5 Å². The van der Waals surface area contributed by atoms with Crippen LogP contribution in [0.4, 0.5) is 5.69 Å². The Morgan fingerprint density at radius 3 is 2.59 bits per heavy atom. The number of aromatic amines is 1. The lowest BCUT2D eigenvalue weighted by atomic mass is 9.96. The molecular formula is C32H45N7O2. The Hall–Kier alpha value is -3.53. The first-order valence-corrected chi connectivity index (χ1v) is 14.9. The van der Waals surface area contributed by atoms with E-state index in [1.807, 2.05) is 12.1 Å². The molecule has 1 saturated heterocycles. The van der Waals surface area contributed by atoms with Crippen LogP contribution < -0.4 is 26.4 Å². The van der Waals surface area contributed by atoms with Gasteiger partial charge >= 0.3 is 0 Å². The maximum atomic E-state index is 6.48. The fourth-order valence-electron chi connectivity index (χ4n) is 5.32. The smallest absolute Gasteiger partial charge is 0.119 e. The summed E-state index contributed by atoms with van der Waals surface area (Å²) in [6.07, 6.45) is 8.29. The van der Waals surface area contributed by atoms with Crippen LogP contribution in [0.3, 0.4) is 0 Å². The van der Waals surface area contributed by atoms with Gasteiger partial charge in [-0.05, 0) is 74.7 Å². The minimum atomic E-state index is 0.134. The molecule has 0 spiro atoms. The van der Waals surface area contributed by atoms with Crippen molar-refractivity contribution in [2.24, 2.45) is 11.5 Å². The van der Waals surface area contributed by atoms with Crippen molar-refractivity contribution in [3.05, 3.63) is 77.4 Å². The summed E-state index contributed by atoms with van der Waals surface area (Å²) in [6, 6.07) is 14.8. The molecule has 0 saturated carbocycles. The summed E-state index contributed by atoms with van der Waals surface area (Å²) in [5, 5.41) is 3.50. The van der Waals surface area contributed by atoms with Crippen LogP contribution in [0.1, 0.15) is 43.0 Å². The predicted octanol–water partition coefficient (Wildman–Crippen LogP) is 3.84. The maximum absolute atomic E-state index is 6.48. The average Bonchev–Trinajstić information content (AvgIpc) is 3.42. The highest BCUT2D eigenvalue weighted by Crippen LogP contribution is 2.29. The Balaban J connectivity index is 1.07. The molecule has 1 fully saturated rings. The Bertz CT molecular complexity index is 1310. The van der Waals surface area contributed by atoms with E-state index in [0.29, 0.717) is 26.3 Å². The van der Waals surface area contributed by atoms with Gasteiger partial charge in [0.1, 0.15) is 11.6 Å². The number of H-pyrrole nitrogens is 1. The van der Waals surface area contributed by atoms with Crippen LogP contribution in [0.5, 0.6) is 5.75 Å². The number of fused-ring (bicyclic) bond motifs is 1. The molecule has 0 amide bonds. The van der Waals surface area contributed by atoms with Crippen molar-refractivity contribution in [3.63, 3.8) is 0 Å². The molecule has 9 heteroatoms. The zero-order valence-electron chi connectivity index (χ0n) is 24.3. The number of hydrogen-bond donors (Lipinski definition) is 4. The lowest BCUT2D eigenvalue weighted by Crippen LogP contribution is -2.44. The third-order valence-electron chi connectivity index (χ3n) is 7.84. The quantitative estimate of drug-likeness (QED) is 0.220. The fourth-order valence-corrected chi connectivity index (χ4v) is 5.32. The zero-order valence-corrected chi connectivity index (χ0v) is 24.3. The van der Waals surface area contributed by atoms with Crippen LogP contribution in [0.15, 0.2) is 66.0 Å². The van der Waals surface area contributed by atoms with E-state index >= 15 is 0 Å². The molecule has 2 aromatic carbocycles. The van der Waals surface area contributed by atoms with E-state index in [-0.39, 0.29) is 5.92 Å². The molecule has 1 aliphatic carbocycles. The van der Waals surface area contributed by atoms with Gasteiger partial charge in [0.25, 0.3) is 0 Å². The van der Waals surface area contributed by atoms with Gasteiger partial charge in [-0.25, -0.2) is 4.98 Å². The Morgan fingerprint density at radius 2 is 1.80 bits per heavy atom. The number of nitrogens with one attached hydrogen (secondary N) is 2. The lowest BCUT2D eigenvalue weighted by Gasteiger charge is -2.34. The molecule has 1 atom stereocenters. The number of likely N-dealkylation sites (N-methyl/N-ethyl adjacent to an activating group) is 1. The zero-order chi connectivity index (χ0) is 28.4. The van der Waals surface area contributed by atoms with E-state index in [9.17, 15) is 0 Å². The number of hydrogen-bond acceptors (Lipinski definition) is 8. The van der Waals surface area contributed by atoms with Crippen LogP contribution in [-0.2, 0) is 11.3 Å². The van der Waals surface area contributed by atoms with E-state index in [2.05, 4.69) is 69.6 Å². The molecule has 1 aliphatic heterocycles. The summed E-state index contributed by atoms with van der Waals surface area (Å²) in [7, 11) is 2.18. The molecule has 2 heterocycles. The van der Waals surface area contributed by atoms with Crippen molar-refractivity contribution in [3.8, 4) is 5.75 Å². The largest absolute Gasteiger partial charge is 0.494 e. The second-order valence-electron chi connectivity index (χ2n) is 11.0. The van der Waals surface area contributed by atoms with Crippen molar-refractivity contribution in [1.82, 2.24) is 20.2 Å². The first kappa shape index (κ1) is 29.0. The van der Waals surface area contributed by atoms with Gasteiger partial charge in [0.05, 0.1) is 35.6 Å². The molecule has 41 heavy (non-hydrogen) atoms. The van der Waals surface area contributed by atoms with E-state index in [4.69, 9.17) is 25.9 Å². The molecule has 6 N–H and O–H groups in total. The second kappa shape index (κ2) is 14.4. The van der Waals surface area contributed by atoms with E-state index in [1.165, 1.54) is 11.3 Å². The molecule has 5 rings (SSSR count). The lowest BCUT2D eigenvalue weighted by molar-refractivity contribution is 0.136. The number of piperazine rings is 1. The normalized spacial score (nSPS) is 17.9. The Labute approximate surface area is 243 Å². The van der Waals surface area contributed by atoms with Crippen LogP contribution in [-0.4, -0.2) is 74.5 Å². The molecule has 220 valence electrons. The number of unbranched alkanes of at least 4 members (excludes halogenated alkanes) is 2. The maximum Gasteiger partial charge on any atom is 0.119 e. The number of ether oxygens (including phenoxy) is 2. The summed E-state index contributed by atoms with van der Waals surface area (Å²) >= 11 is 0. The van der Waals surface area contributed by atoms with Crippen molar-refractivity contribution in [2.75, 3.05) is 64.5 Å². The topological polar surface area (TPSA) is 118 Å². The third kappa shape index (κ3) is 8.03. The number of benzene rings is 2. The number of nitrogens with zero attached hydrogens (tertiary/aromatic N) is 3. The van der Waals surface area contributed by atoms with E-state index in [1.54, 1.807) is 0 Å². The number of imidazole rings is 1. The van der Waals surface area contributed by atoms with Crippen LogP contribution in [0, 0.1) is 0 Å².